The lowest BCUT2D eigenvalue weighted by molar-refractivity contribution is 0.0698. The van der Waals surface area contributed by atoms with Gasteiger partial charge in [0.15, 0.2) is 0 Å². The summed E-state index contributed by atoms with van der Waals surface area (Å²) in [5.41, 5.74) is 3.06. The first-order valence-corrected chi connectivity index (χ1v) is 9.59. The number of nitrogens with one attached hydrogen (secondary N) is 1. The Kier molecular flexibility index (Phi) is 5.76. The number of halogens is 1. The van der Waals surface area contributed by atoms with Crippen LogP contribution in [-0.4, -0.2) is 17.0 Å². The normalized spacial score (nSPS) is 11.2. The molecule has 0 aliphatic rings. The van der Waals surface area contributed by atoms with E-state index in [-0.39, 0.29) is 16.7 Å². The molecule has 29 heavy (non-hydrogen) atoms. The molecule has 0 spiro atoms. The number of carbonyl (C=O) groups is 2. The average Bonchev–Trinajstić information content (AvgIpc) is 2.68. The van der Waals surface area contributed by atoms with Crippen LogP contribution in [0.15, 0.2) is 66.7 Å². The van der Waals surface area contributed by atoms with Crippen molar-refractivity contribution in [3.8, 4) is 11.1 Å². The second-order valence-electron chi connectivity index (χ2n) is 7.83. The van der Waals surface area contributed by atoms with Gasteiger partial charge in [-0.3, -0.25) is 4.79 Å². The minimum absolute atomic E-state index is 0.0204. The molecule has 3 aromatic carbocycles. The Hall–Kier alpha value is -3.11. The summed E-state index contributed by atoms with van der Waals surface area (Å²) in [5, 5.41) is 12.7. The smallest absolute Gasteiger partial charge is 0.337 e. The van der Waals surface area contributed by atoms with Gasteiger partial charge < -0.3 is 10.4 Å². The number of carbonyl (C=O) groups excluding carboxylic acids is 1. The Bertz CT molecular complexity index is 1050. The van der Waals surface area contributed by atoms with Crippen LogP contribution in [0, 0.1) is 0 Å². The van der Waals surface area contributed by atoms with Crippen LogP contribution in [0.4, 0.5) is 5.69 Å². The number of aromatic carboxylic acids is 1. The topological polar surface area (TPSA) is 66.4 Å². The molecule has 5 heteroatoms. The van der Waals surface area contributed by atoms with E-state index in [1.165, 1.54) is 12.1 Å². The maximum absolute atomic E-state index is 12.7. The van der Waals surface area contributed by atoms with E-state index in [1.54, 1.807) is 12.1 Å². The van der Waals surface area contributed by atoms with Gasteiger partial charge in [-0.1, -0.05) is 74.8 Å². The highest BCUT2D eigenvalue weighted by Crippen LogP contribution is 2.33. The highest BCUT2D eigenvalue weighted by molar-refractivity contribution is 6.34. The Morgan fingerprint density at radius 3 is 2.10 bits per heavy atom. The lowest BCUT2D eigenvalue weighted by Gasteiger charge is -2.19. The summed E-state index contributed by atoms with van der Waals surface area (Å²) in [6.07, 6.45) is 0. The van der Waals surface area contributed by atoms with Crippen molar-refractivity contribution < 1.29 is 14.7 Å². The Morgan fingerprint density at radius 2 is 1.55 bits per heavy atom. The molecular formula is C24H22ClNO3. The molecular weight excluding hydrogens is 386 g/mol. The number of carboxylic acid groups (broad SMARTS) is 1. The molecule has 2 N–H and O–H groups in total. The van der Waals surface area contributed by atoms with Crippen LogP contribution in [0.1, 0.15) is 47.1 Å². The molecule has 1 amide bonds. The summed E-state index contributed by atoms with van der Waals surface area (Å²) in [4.78, 5) is 24.5. The van der Waals surface area contributed by atoms with Crippen molar-refractivity contribution in [2.24, 2.45) is 0 Å². The van der Waals surface area contributed by atoms with E-state index in [4.69, 9.17) is 11.6 Å². The lowest BCUT2D eigenvalue weighted by atomic mass is 9.86. The SMILES string of the molecule is CC(C)(C)c1ccc(C(=O)Nc2cc(Cl)c(-c3ccccc3)cc2C(=O)O)cc1. The van der Waals surface area contributed by atoms with Gasteiger partial charge in [0, 0.05) is 11.1 Å². The highest BCUT2D eigenvalue weighted by Gasteiger charge is 2.19. The summed E-state index contributed by atoms with van der Waals surface area (Å²) in [6, 6.07) is 19.5. The summed E-state index contributed by atoms with van der Waals surface area (Å²) in [5.74, 6) is -1.53. The van der Waals surface area contributed by atoms with Crippen molar-refractivity contribution in [3.05, 3.63) is 88.4 Å². The molecule has 0 saturated heterocycles. The van der Waals surface area contributed by atoms with Crippen molar-refractivity contribution in [2.75, 3.05) is 5.32 Å². The lowest BCUT2D eigenvalue weighted by Crippen LogP contribution is -2.16. The quantitative estimate of drug-likeness (QED) is 0.536. The minimum atomic E-state index is -1.14. The first-order valence-electron chi connectivity index (χ1n) is 9.21. The summed E-state index contributed by atoms with van der Waals surface area (Å²) in [7, 11) is 0. The molecule has 0 fully saturated rings. The van der Waals surface area contributed by atoms with Gasteiger partial charge in [0.05, 0.1) is 16.3 Å². The fraction of sp³-hybridized carbons (Fsp3) is 0.167. The first-order chi connectivity index (χ1) is 13.7. The van der Waals surface area contributed by atoms with Crippen LogP contribution in [0.5, 0.6) is 0 Å². The van der Waals surface area contributed by atoms with E-state index in [0.717, 1.165) is 11.1 Å². The molecule has 0 aliphatic heterocycles. The zero-order valence-corrected chi connectivity index (χ0v) is 17.2. The number of rotatable bonds is 4. The number of amides is 1. The van der Waals surface area contributed by atoms with Gasteiger partial charge in [-0.2, -0.15) is 0 Å². The molecule has 0 radical (unpaired) electrons. The highest BCUT2D eigenvalue weighted by atomic mass is 35.5. The predicted octanol–water partition coefficient (Wildman–Crippen LogP) is 6.26. The van der Waals surface area contributed by atoms with Crippen molar-refractivity contribution in [2.45, 2.75) is 26.2 Å². The molecule has 0 saturated carbocycles. The largest absolute Gasteiger partial charge is 0.478 e. The van der Waals surface area contributed by atoms with Crippen LogP contribution < -0.4 is 5.32 Å². The van der Waals surface area contributed by atoms with E-state index in [2.05, 4.69) is 26.1 Å². The van der Waals surface area contributed by atoms with Gasteiger partial charge in [0.2, 0.25) is 0 Å². The maximum Gasteiger partial charge on any atom is 0.337 e. The monoisotopic (exact) mass is 407 g/mol. The van der Waals surface area contributed by atoms with Crippen molar-refractivity contribution in [1.29, 1.82) is 0 Å². The second-order valence-corrected chi connectivity index (χ2v) is 8.24. The van der Waals surface area contributed by atoms with Gasteiger partial charge in [0.25, 0.3) is 5.91 Å². The fourth-order valence-corrected chi connectivity index (χ4v) is 3.28. The fourth-order valence-electron chi connectivity index (χ4n) is 3.01. The van der Waals surface area contributed by atoms with E-state index >= 15 is 0 Å². The zero-order chi connectivity index (χ0) is 21.2. The van der Waals surface area contributed by atoms with Crippen molar-refractivity contribution >= 4 is 29.2 Å². The standard InChI is InChI=1S/C24H22ClNO3/c1-24(2,3)17-11-9-16(10-12-17)22(27)26-21-14-20(25)18(13-19(21)23(28)29)15-7-5-4-6-8-15/h4-14H,1-3H3,(H,26,27)(H,28,29). The van der Waals surface area contributed by atoms with Crippen molar-refractivity contribution in [3.63, 3.8) is 0 Å². The number of carboxylic acids is 1. The predicted molar refractivity (Wildman–Crippen MR) is 117 cm³/mol. The third-order valence-corrected chi connectivity index (χ3v) is 5.00. The summed E-state index contributed by atoms with van der Waals surface area (Å²) < 4.78 is 0. The van der Waals surface area contributed by atoms with Gasteiger partial charge in [-0.05, 0) is 40.8 Å². The van der Waals surface area contributed by atoms with Crippen LogP contribution >= 0.6 is 11.6 Å². The maximum atomic E-state index is 12.7. The number of anilines is 1. The third-order valence-electron chi connectivity index (χ3n) is 4.68. The van der Waals surface area contributed by atoms with Crippen LogP contribution in [0.25, 0.3) is 11.1 Å². The van der Waals surface area contributed by atoms with Crippen LogP contribution in [-0.2, 0) is 5.41 Å². The minimum Gasteiger partial charge on any atom is -0.478 e. The van der Waals surface area contributed by atoms with E-state index in [0.29, 0.717) is 16.1 Å². The van der Waals surface area contributed by atoms with Crippen molar-refractivity contribution in [1.82, 2.24) is 0 Å². The summed E-state index contributed by atoms with van der Waals surface area (Å²) in [6.45, 7) is 6.28. The van der Waals surface area contributed by atoms with Gasteiger partial charge >= 0.3 is 5.97 Å². The molecule has 148 valence electrons. The number of benzene rings is 3. The molecule has 3 aromatic rings. The molecule has 0 heterocycles. The molecule has 0 unspecified atom stereocenters. The van der Waals surface area contributed by atoms with E-state index in [9.17, 15) is 14.7 Å². The third kappa shape index (κ3) is 4.66. The molecule has 0 aromatic heterocycles. The van der Waals surface area contributed by atoms with E-state index in [1.807, 2.05) is 42.5 Å². The Morgan fingerprint density at radius 1 is 0.931 bits per heavy atom. The number of hydrogen-bond donors (Lipinski definition) is 2. The van der Waals surface area contributed by atoms with Crippen LogP contribution in [0.3, 0.4) is 0 Å². The molecule has 4 nitrogen and oxygen atoms in total. The second kappa shape index (κ2) is 8.10. The van der Waals surface area contributed by atoms with Gasteiger partial charge in [-0.15, -0.1) is 0 Å². The van der Waals surface area contributed by atoms with Gasteiger partial charge in [0.1, 0.15) is 0 Å². The summed E-state index contributed by atoms with van der Waals surface area (Å²) >= 11 is 6.40. The van der Waals surface area contributed by atoms with Crippen LogP contribution in [0.2, 0.25) is 5.02 Å². The Balaban J connectivity index is 1.93. The first kappa shape index (κ1) is 20.6. The average molecular weight is 408 g/mol. The zero-order valence-electron chi connectivity index (χ0n) is 16.5. The molecule has 0 bridgehead atoms. The number of hydrogen-bond acceptors (Lipinski definition) is 2. The Labute approximate surface area is 175 Å². The molecule has 0 aliphatic carbocycles. The van der Waals surface area contributed by atoms with Gasteiger partial charge in [-0.25, -0.2) is 4.79 Å². The van der Waals surface area contributed by atoms with E-state index < -0.39 is 11.9 Å². The molecule has 0 atom stereocenters. The molecule has 3 rings (SSSR count).